The molecule has 0 spiro atoms. The van der Waals surface area contributed by atoms with Crippen molar-refractivity contribution in [2.24, 2.45) is 0 Å². The van der Waals surface area contributed by atoms with Crippen molar-refractivity contribution < 1.29 is 9.21 Å². The van der Waals surface area contributed by atoms with Gasteiger partial charge in [-0.25, -0.2) is 0 Å². The molecule has 0 aliphatic heterocycles. The molecule has 0 bridgehead atoms. The predicted molar refractivity (Wildman–Crippen MR) is 80.4 cm³/mol. The van der Waals surface area contributed by atoms with Crippen LogP contribution >= 0.6 is 11.6 Å². The molecule has 2 rings (SSSR count). The molecule has 0 fully saturated rings. The molecule has 1 N–H and O–H groups in total. The Bertz CT molecular complexity index is 554. The van der Waals surface area contributed by atoms with Crippen LogP contribution < -0.4 is 10.2 Å². The van der Waals surface area contributed by atoms with Gasteiger partial charge in [-0.3, -0.25) is 4.79 Å². The Morgan fingerprint density at radius 2 is 2.05 bits per heavy atom. The van der Waals surface area contributed by atoms with Gasteiger partial charge in [-0.15, -0.1) is 0 Å². The van der Waals surface area contributed by atoms with Crippen molar-refractivity contribution in [1.29, 1.82) is 0 Å². The smallest absolute Gasteiger partial charge is 0.256 e. The number of halogens is 1. The van der Waals surface area contributed by atoms with Gasteiger partial charge in [0.2, 0.25) is 5.22 Å². The molecule has 106 valence electrons. The minimum atomic E-state index is -0.203. The summed E-state index contributed by atoms with van der Waals surface area (Å²) in [5.74, 6) is -0.203. The summed E-state index contributed by atoms with van der Waals surface area (Å²) in [6, 6.07) is 11.7. The van der Waals surface area contributed by atoms with E-state index in [4.69, 9.17) is 16.0 Å². The van der Waals surface area contributed by atoms with Gasteiger partial charge in [0.1, 0.15) is 0 Å². The highest BCUT2D eigenvalue weighted by Crippen LogP contribution is 2.16. The van der Waals surface area contributed by atoms with Gasteiger partial charge in [0.05, 0.1) is 11.8 Å². The zero-order chi connectivity index (χ0) is 14.4. The number of para-hydroxylation sites is 1. The van der Waals surface area contributed by atoms with Gasteiger partial charge in [-0.2, -0.15) is 0 Å². The van der Waals surface area contributed by atoms with Crippen molar-refractivity contribution in [3.05, 3.63) is 53.4 Å². The van der Waals surface area contributed by atoms with Gasteiger partial charge < -0.3 is 14.6 Å². The number of carbonyl (C=O) groups excluding carboxylic acids is 1. The van der Waals surface area contributed by atoms with E-state index < -0.39 is 0 Å². The van der Waals surface area contributed by atoms with Gasteiger partial charge in [0.25, 0.3) is 5.91 Å². The molecule has 1 aromatic carbocycles. The van der Waals surface area contributed by atoms with E-state index in [2.05, 4.69) is 22.3 Å². The zero-order valence-corrected chi connectivity index (χ0v) is 12.1. The number of hydrogen-bond acceptors (Lipinski definition) is 3. The molecule has 0 unspecified atom stereocenters. The quantitative estimate of drug-likeness (QED) is 0.832. The Labute approximate surface area is 123 Å². The van der Waals surface area contributed by atoms with Crippen molar-refractivity contribution in [2.45, 2.75) is 6.42 Å². The highest BCUT2D eigenvalue weighted by atomic mass is 35.5. The molecule has 1 heterocycles. The highest BCUT2D eigenvalue weighted by Gasteiger charge is 2.11. The van der Waals surface area contributed by atoms with Gasteiger partial charge in [-0.1, -0.05) is 18.2 Å². The Morgan fingerprint density at radius 3 is 2.70 bits per heavy atom. The SMILES string of the molecule is CN(CCCNC(=O)c1ccoc1Cl)c1ccccc1. The monoisotopic (exact) mass is 292 g/mol. The zero-order valence-electron chi connectivity index (χ0n) is 11.3. The Kier molecular flexibility index (Phi) is 5.07. The molecular weight excluding hydrogens is 276 g/mol. The molecule has 0 atom stereocenters. The van der Waals surface area contributed by atoms with Crippen LogP contribution in [0.25, 0.3) is 0 Å². The first-order valence-corrected chi connectivity index (χ1v) is 6.83. The third-order valence-electron chi connectivity index (χ3n) is 3.02. The average molecular weight is 293 g/mol. The second-order valence-corrected chi connectivity index (χ2v) is 4.82. The van der Waals surface area contributed by atoms with Crippen molar-refractivity contribution in [3.63, 3.8) is 0 Å². The van der Waals surface area contributed by atoms with E-state index in [1.165, 1.54) is 6.26 Å². The third-order valence-corrected chi connectivity index (χ3v) is 3.31. The summed E-state index contributed by atoms with van der Waals surface area (Å²) in [5.41, 5.74) is 1.54. The molecule has 0 radical (unpaired) electrons. The lowest BCUT2D eigenvalue weighted by Gasteiger charge is -2.19. The summed E-state index contributed by atoms with van der Waals surface area (Å²) >= 11 is 5.74. The largest absolute Gasteiger partial charge is 0.452 e. The molecule has 0 saturated carbocycles. The van der Waals surface area contributed by atoms with E-state index in [9.17, 15) is 4.79 Å². The maximum atomic E-state index is 11.8. The minimum absolute atomic E-state index is 0.129. The normalized spacial score (nSPS) is 10.3. The second kappa shape index (κ2) is 7.01. The Morgan fingerprint density at radius 1 is 1.30 bits per heavy atom. The fourth-order valence-electron chi connectivity index (χ4n) is 1.88. The fraction of sp³-hybridized carbons (Fsp3) is 0.267. The van der Waals surface area contributed by atoms with E-state index in [0.29, 0.717) is 12.1 Å². The maximum Gasteiger partial charge on any atom is 0.256 e. The molecule has 0 saturated heterocycles. The fourth-order valence-corrected chi connectivity index (χ4v) is 2.08. The molecule has 1 aromatic heterocycles. The maximum absolute atomic E-state index is 11.8. The molecule has 4 nitrogen and oxygen atoms in total. The topological polar surface area (TPSA) is 45.5 Å². The molecule has 0 aliphatic rings. The summed E-state index contributed by atoms with van der Waals surface area (Å²) in [5, 5.41) is 2.95. The highest BCUT2D eigenvalue weighted by molar-refractivity contribution is 6.32. The third kappa shape index (κ3) is 3.78. The standard InChI is InChI=1S/C15H17ClN2O2/c1-18(12-6-3-2-4-7-12)10-5-9-17-15(19)13-8-11-20-14(13)16/h2-4,6-8,11H,5,9-10H2,1H3,(H,17,19). The number of anilines is 1. The van der Waals surface area contributed by atoms with Crippen LogP contribution in [-0.4, -0.2) is 26.0 Å². The Hall–Kier alpha value is -1.94. The number of hydrogen-bond donors (Lipinski definition) is 1. The summed E-state index contributed by atoms with van der Waals surface area (Å²) in [4.78, 5) is 13.9. The lowest BCUT2D eigenvalue weighted by molar-refractivity contribution is 0.0953. The van der Waals surface area contributed by atoms with Crippen molar-refractivity contribution in [1.82, 2.24) is 5.32 Å². The first-order chi connectivity index (χ1) is 9.68. The van der Waals surface area contributed by atoms with E-state index in [1.54, 1.807) is 6.07 Å². The summed E-state index contributed by atoms with van der Waals surface area (Å²) < 4.78 is 4.88. The first-order valence-electron chi connectivity index (χ1n) is 6.46. The molecule has 5 heteroatoms. The van der Waals surface area contributed by atoms with Crippen molar-refractivity contribution in [2.75, 3.05) is 25.0 Å². The van der Waals surface area contributed by atoms with Gasteiger partial charge in [-0.05, 0) is 36.2 Å². The number of furan rings is 1. The number of carbonyl (C=O) groups is 1. The lowest BCUT2D eigenvalue weighted by Crippen LogP contribution is -2.28. The molecule has 20 heavy (non-hydrogen) atoms. The van der Waals surface area contributed by atoms with Crippen molar-refractivity contribution >= 4 is 23.2 Å². The summed E-state index contributed by atoms with van der Waals surface area (Å²) in [6.07, 6.45) is 2.26. The van der Waals surface area contributed by atoms with Crippen LogP contribution in [0.1, 0.15) is 16.8 Å². The molecule has 1 amide bonds. The number of amides is 1. The predicted octanol–water partition coefficient (Wildman–Crippen LogP) is 3.19. The van der Waals surface area contributed by atoms with Crippen LogP contribution in [0.3, 0.4) is 0 Å². The second-order valence-electron chi connectivity index (χ2n) is 4.47. The number of nitrogens with zero attached hydrogens (tertiary/aromatic N) is 1. The number of benzene rings is 1. The van der Waals surface area contributed by atoms with E-state index in [0.717, 1.165) is 18.7 Å². The van der Waals surface area contributed by atoms with E-state index >= 15 is 0 Å². The van der Waals surface area contributed by atoms with Crippen LogP contribution in [0.4, 0.5) is 5.69 Å². The number of nitrogens with one attached hydrogen (secondary N) is 1. The molecular formula is C15H17ClN2O2. The summed E-state index contributed by atoms with van der Waals surface area (Å²) in [6.45, 7) is 1.46. The Balaban J connectivity index is 1.72. The summed E-state index contributed by atoms with van der Waals surface area (Å²) in [7, 11) is 2.03. The van der Waals surface area contributed by atoms with Crippen LogP contribution in [0.2, 0.25) is 5.22 Å². The van der Waals surface area contributed by atoms with E-state index in [-0.39, 0.29) is 11.1 Å². The molecule has 2 aromatic rings. The van der Waals surface area contributed by atoms with Crippen LogP contribution in [-0.2, 0) is 0 Å². The molecule has 0 aliphatic carbocycles. The minimum Gasteiger partial charge on any atom is -0.452 e. The van der Waals surface area contributed by atoms with Crippen LogP contribution in [0.5, 0.6) is 0 Å². The lowest BCUT2D eigenvalue weighted by atomic mass is 10.2. The van der Waals surface area contributed by atoms with Gasteiger partial charge in [0, 0.05) is 25.8 Å². The first kappa shape index (κ1) is 14.5. The van der Waals surface area contributed by atoms with Crippen LogP contribution in [0.15, 0.2) is 47.1 Å². The van der Waals surface area contributed by atoms with Gasteiger partial charge in [0.15, 0.2) is 0 Å². The van der Waals surface area contributed by atoms with Gasteiger partial charge >= 0.3 is 0 Å². The van der Waals surface area contributed by atoms with Crippen molar-refractivity contribution in [3.8, 4) is 0 Å². The average Bonchev–Trinajstić information content (AvgIpc) is 2.90. The number of rotatable bonds is 6. The van der Waals surface area contributed by atoms with E-state index in [1.807, 2.05) is 25.2 Å². The van der Waals surface area contributed by atoms with Crippen LogP contribution in [0, 0.1) is 0 Å².